The van der Waals surface area contributed by atoms with Gasteiger partial charge in [-0.3, -0.25) is 4.79 Å². The van der Waals surface area contributed by atoms with Crippen LogP contribution in [0.2, 0.25) is 0 Å². The molecule has 1 amide bonds. The predicted octanol–water partition coefficient (Wildman–Crippen LogP) is 1.86. The Kier molecular flexibility index (Phi) is 6.16. The topological polar surface area (TPSA) is 32.3 Å². The van der Waals surface area contributed by atoms with Gasteiger partial charge in [-0.15, -0.1) is 12.4 Å². The third-order valence-electron chi connectivity index (χ3n) is 3.42. The van der Waals surface area contributed by atoms with Crippen LogP contribution in [0.25, 0.3) is 0 Å². The number of halogens is 1. The van der Waals surface area contributed by atoms with E-state index in [4.69, 9.17) is 0 Å². The van der Waals surface area contributed by atoms with Crippen LogP contribution in [0.4, 0.5) is 0 Å². The quantitative estimate of drug-likeness (QED) is 0.904. The molecule has 0 spiro atoms. The number of benzene rings is 1. The molecular weight excluding hydrogens is 248 g/mol. The summed E-state index contributed by atoms with van der Waals surface area (Å²) in [6.07, 6.45) is 2.55. The summed E-state index contributed by atoms with van der Waals surface area (Å²) in [5.74, 6) is 0.284. The fraction of sp³-hybridized carbons (Fsp3) is 0.500. The number of likely N-dealkylation sites (N-methyl/N-ethyl adjacent to an activating group) is 1. The number of amides is 1. The van der Waals surface area contributed by atoms with Gasteiger partial charge in [0.15, 0.2) is 0 Å². The molecule has 0 radical (unpaired) electrons. The minimum Gasteiger partial charge on any atom is -0.341 e. The van der Waals surface area contributed by atoms with Gasteiger partial charge in [-0.25, -0.2) is 0 Å². The monoisotopic (exact) mass is 268 g/mol. The van der Waals surface area contributed by atoms with Crippen molar-refractivity contribution in [2.24, 2.45) is 0 Å². The van der Waals surface area contributed by atoms with Crippen molar-refractivity contribution in [3.05, 3.63) is 35.9 Å². The van der Waals surface area contributed by atoms with Crippen molar-refractivity contribution in [3.8, 4) is 0 Å². The Bertz CT molecular complexity index is 369. The van der Waals surface area contributed by atoms with Gasteiger partial charge in [0.05, 0.1) is 0 Å². The lowest BCUT2D eigenvalue weighted by Crippen LogP contribution is -2.33. The van der Waals surface area contributed by atoms with Crippen molar-refractivity contribution in [3.63, 3.8) is 0 Å². The minimum atomic E-state index is 0. The molecule has 1 unspecified atom stereocenters. The Morgan fingerprint density at radius 3 is 2.72 bits per heavy atom. The second-order valence-electron chi connectivity index (χ2n) is 4.60. The van der Waals surface area contributed by atoms with E-state index in [2.05, 4.69) is 17.4 Å². The first-order chi connectivity index (χ1) is 8.29. The summed E-state index contributed by atoms with van der Waals surface area (Å²) in [7, 11) is 1.96. The van der Waals surface area contributed by atoms with E-state index in [-0.39, 0.29) is 18.3 Å². The van der Waals surface area contributed by atoms with Crippen LogP contribution in [-0.4, -0.2) is 37.0 Å². The van der Waals surface area contributed by atoms with Gasteiger partial charge < -0.3 is 10.2 Å². The lowest BCUT2D eigenvalue weighted by atomic mass is 10.1. The van der Waals surface area contributed by atoms with E-state index in [0.29, 0.717) is 12.5 Å². The van der Waals surface area contributed by atoms with Crippen LogP contribution >= 0.6 is 12.4 Å². The largest absolute Gasteiger partial charge is 0.341 e. The smallest absolute Gasteiger partial charge is 0.222 e. The molecule has 1 aliphatic heterocycles. The molecule has 18 heavy (non-hydrogen) atoms. The third-order valence-corrected chi connectivity index (χ3v) is 3.42. The lowest BCUT2D eigenvalue weighted by Gasteiger charge is -2.16. The maximum absolute atomic E-state index is 12.0. The van der Waals surface area contributed by atoms with Crippen LogP contribution in [0.15, 0.2) is 30.3 Å². The Morgan fingerprint density at radius 2 is 2.11 bits per heavy atom. The van der Waals surface area contributed by atoms with Crippen molar-refractivity contribution in [1.29, 1.82) is 0 Å². The molecule has 1 atom stereocenters. The van der Waals surface area contributed by atoms with Crippen LogP contribution in [-0.2, 0) is 11.2 Å². The number of hydrogen-bond donors (Lipinski definition) is 1. The Morgan fingerprint density at radius 1 is 1.39 bits per heavy atom. The highest BCUT2D eigenvalue weighted by molar-refractivity contribution is 5.85. The van der Waals surface area contributed by atoms with E-state index >= 15 is 0 Å². The standard InChI is InChI=1S/C14H20N2O.ClH/c1-15-13-9-10-16(11-13)14(17)8-7-12-5-3-2-4-6-12;/h2-6,13,15H,7-11H2,1H3;1H. The van der Waals surface area contributed by atoms with Crippen LogP contribution in [0.3, 0.4) is 0 Å². The van der Waals surface area contributed by atoms with Gasteiger partial charge in [-0.2, -0.15) is 0 Å². The zero-order chi connectivity index (χ0) is 12.1. The SMILES string of the molecule is CNC1CCN(C(=O)CCc2ccccc2)C1.Cl. The van der Waals surface area contributed by atoms with Gasteiger partial charge >= 0.3 is 0 Å². The van der Waals surface area contributed by atoms with Crippen molar-refractivity contribution < 1.29 is 4.79 Å². The van der Waals surface area contributed by atoms with E-state index in [0.717, 1.165) is 25.9 Å². The Balaban J connectivity index is 0.00000162. The molecule has 1 fully saturated rings. The average molecular weight is 269 g/mol. The molecule has 0 saturated carbocycles. The van der Waals surface area contributed by atoms with Crippen LogP contribution in [0, 0.1) is 0 Å². The molecular formula is C14H21ClN2O. The zero-order valence-electron chi connectivity index (χ0n) is 10.8. The number of nitrogens with zero attached hydrogens (tertiary/aromatic N) is 1. The molecule has 1 aliphatic rings. The van der Waals surface area contributed by atoms with Crippen molar-refractivity contribution in [2.75, 3.05) is 20.1 Å². The van der Waals surface area contributed by atoms with Gasteiger partial charge in [0, 0.05) is 25.6 Å². The molecule has 3 nitrogen and oxygen atoms in total. The number of carbonyl (C=O) groups excluding carboxylic acids is 1. The maximum atomic E-state index is 12.0. The van der Waals surface area contributed by atoms with E-state index < -0.39 is 0 Å². The molecule has 1 aromatic carbocycles. The highest BCUT2D eigenvalue weighted by atomic mass is 35.5. The summed E-state index contributed by atoms with van der Waals surface area (Å²) in [5.41, 5.74) is 1.24. The number of carbonyl (C=O) groups is 1. The number of aryl methyl sites for hydroxylation is 1. The molecule has 0 aliphatic carbocycles. The first-order valence-electron chi connectivity index (χ1n) is 6.28. The van der Waals surface area contributed by atoms with Crippen molar-refractivity contribution in [1.82, 2.24) is 10.2 Å². The minimum absolute atomic E-state index is 0. The van der Waals surface area contributed by atoms with Crippen molar-refractivity contribution >= 4 is 18.3 Å². The maximum Gasteiger partial charge on any atom is 0.222 e. The van der Waals surface area contributed by atoms with Crippen LogP contribution < -0.4 is 5.32 Å². The second kappa shape index (κ2) is 7.39. The van der Waals surface area contributed by atoms with Gasteiger partial charge in [0.2, 0.25) is 5.91 Å². The molecule has 1 saturated heterocycles. The summed E-state index contributed by atoms with van der Waals surface area (Å²) in [6, 6.07) is 10.7. The number of nitrogens with one attached hydrogen (secondary N) is 1. The fourth-order valence-corrected chi connectivity index (χ4v) is 2.28. The van der Waals surface area contributed by atoms with Crippen LogP contribution in [0.5, 0.6) is 0 Å². The van der Waals surface area contributed by atoms with E-state index in [1.54, 1.807) is 0 Å². The molecule has 4 heteroatoms. The molecule has 0 aromatic heterocycles. The van der Waals surface area contributed by atoms with Gasteiger partial charge in [-0.1, -0.05) is 30.3 Å². The van der Waals surface area contributed by atoms with E-state index in [9.17, 15) is 4.79 Å². The fourth-order valence-electron chi connectivity index (χ4n) is 2.28. The molecule has 1 heterocycles. The number of likely N-dealkylation sites (tertiary alicyclic amines) is 1. The molecule has 2 rings (SSSR count). The number of rotatable bonds is 4. The van der Waals surface area contributed by atoms with Crippen LogP contribution in [0.1, 0.15) is 18.4 Å². The van der Waals surface area contributed by atoms with Crippen molar-refractivity contribution in [2.45, 2.75) is 25.3 Å². The summed E-state index contributed by atoms with van der Waals surface area (Å²) in [6.45, 7) is 1.77. The van der Waals surface area contributed by atoms with Gasteiger partial charge in [0.25, 0.3) is 0 Å². The Labute approximate surface area is 115 Å². The molecule has 1 N–H and O–H groups in total. The highest BCUT2D eigenvalue weighted by Gasteiger charge is 2.24. The van der Waals surface area contributed by atoms with Gasteiger partial charge in [-0.05, 0) is 25.5 Å². The number of hydrogen-bond acceptors (Lipinski definition) is 2. The molecule has 1 aromatic rings. The first kappa shape index (κ1) is 15.0. The highest BCUT2D eigenvalue weighted by Crippen LogP contribution is 2.11. The summed E-state index contributed by atoms with van der Waals surface area (Å²) in [5, 5.41) is 3.23. The Hall–Kier alpha value is -1.06. The molecule has 0 bridgehead atoms. The first-order valence-corrected chi connectivity index (χ1v) is 6.28. The third kappa shape index (κ3) is 4.00. The van der Waals surface area contributed by atoms with E-state index in [1.165, 1.54) is 5.56 Å². The van der Waals surface area contributed by atoms with Gasteiger partial charge in [0.1, 0.15) is 0 Å². The summed E-state index contributed by atoms with van der Waals surface area (Å²) >= 11 is 0. The lowest BCUT2D eigenvalue weighted by molar-refractivity contribution is -0.130. The zero-order valence-corrected chi connectivity index (χ0v) is 11.6. The van der Waals surface area contributed by atoms with E-state index in [1.807, 2.05) is 30.1 Å². The molecule has 100 valence electrons. The summed E-state index contributed by atoms with van der Waals surface area (Å²) in [4.78, 5) is 14.0. The second-order valence-corrected chi connectivity index (χ2v) is 4.60. The normalized spacial score (nSPS) is 18.5. The summed E-state index contributed by atoms with van der Waals surface area (Å²) < 4.78 is 0. The average Bonchev–Trinajstić information content (AvgIpc) is 2.86. The predicted molar refractivity (Wildman–Crippen MR) is 76.1 cm³/mol.